The van der Waals surface area contributed by atoms with Crippen molar-refractivity contribution in [2.45, 2.75) is 0 Å². The fraction of sp³-hybridized carbons (Fsp3) is 0.0455. The van der Waals surface area contributed by atoms with E-state index in [9.17, 15) is 24.5 Å². The van der Waals surface area contributed by atoms with Gasteiger partial charge in [0.05, 0.1) is 27.6 Å². The van der Waals surface area contributed by atoms with Crippen molar-refractivity contribution in [3.05, 3.63) is 103 Å². The van der Waals surface area contributed by atoms with E-state index < -0.39 is 16.5 Å². The summed E-state index contributed by atoms with van der Waals surface area (Å²) < 4.78 is 5.28. The van der Waals surface area contributed by atoms with Gasteiger partial charge in [-0.2, -0.15) is 0 Å². The molecular formula is C22H13Cl2NO6. The van der Waals surface area contributed by atoms with Crippen molar-refractivity contribution in [2.75, 3.05) is 7.11 Å². The summed E-state index contributed by atoms with van der Waals surface area (Å²) in [6.45, 7) is 0. The van der Waals surface area contributed by atoms with Gasteiger partial charge < -0.3 is 4.74 Å². The van der Waals surface area contributed by atoms with Crippen molar-refractivity contribution < 1.29 is 24.0 Å². The van der Waals surface area contributed by atoms with Crippen LogP contribution in [0.3, 0.4) is 0 Å². The van der Waals surface area contributed by atoms with E-state index in [1.54, 1.807) is 0 Å². The van der Waals surface area contributed by atoms with Crippen LogP contribution in [0.4, 0.5) is 5.69 Å². The predicted octanol–water partition coefficient (Wildman–Crippen LogP) is 5.18. The topological polar surface area (TPSA) is 104 Å². The van der Waals surface area contributed by atoms with Gasteiger partial charge in [0, 0.05) is 34.4 Å². The highest BCUT2D eigenvalue weighted by Gasteiger charge is 2.27. The number of methoxy groups -OCH3 is 1. The lowest BCUT2D eigenvalue weighted by atomic mass is 9.89. The molecule has 0 fully saturated rings. The maximum atomic E-state index is 13.3. The third-order valence-corrected chi connectivity index (χ3v) is 5.26. The van der Waals surface area contributed by atoms with Crippen LogP contribution < -0.4 is 4.74 Å². The second-order valence-corrected chi connectivity index (χ2v) is 7.13. The Morgan fingerprint density at radius 3 is 2.06 bits per heavy atom. The first-order valence-electron chi connectivity index (χ1n) is 8.73. The molecule has 0 saturated heterocycles. The number of halogens is 2. The Balaban J connectivity index is 2.22. The first-order valence-corrected chi connectivity index (χ1v) is 9.49. The van der Waals surface area contributed by atoms with Crippen LogP contribution in [0.1, 0.15) is 42.2 Å². The molecule has 0 unspecified atom stereocenters. The lowest BCUT2D eigenvalue weighted by molar-refractivity contribution is -0.384. The molecule has 3 aromatic rings. The molecule has 0 bridgehead atoms. The minimum Gasteiger partial charge on any atom is -0.496 e. The van der Waals surface area contributed by atoms with Crippen molar-refractivity contribution in [1.82, 2.24) is 0 Å². The van der Waals surface area contributed by atoms with Gasteiger partial charge in [0.1, 0.15) is 5.75 Å². The van der Waals surface area contributed by atoms with Gasteiger partial charge in [0.15, 0.2) is 17.9 Å². The van der Waals surface area contributed by atoms with Crippen LogP contribution in [-0.4, -0.2) is 29.9 Å². The van der Waals surface area contributed by atoms with Gasteiger partial charge in [-0.05, 0) is 42.5 Å². The zero-order valence-corrected chi connectivity index (χ0v) is 17.4. The van der Waals surface area contributed by atoms with Crippen LogP contribution in [0.25, 0.3) is 0 Å². The van der Waals surface area contributed by atoms with Crippen LogP contribution in [0.2, 0.25) is 10.0 Å². The average molecular weight is 458 g/mol. The highest BCUT2D eigenvalue weighted by atomic mass is 35.5. The van der Waals surface area contributed by atoms with Crippen LogP contribution in [-0.2, 0) is 0 Å². The lowest BCUT2D eigenvalue weighted by Gasteiger charge is -2.15. The molecule has 0 spiro atoms. The SMILES string of the molecule is COc1ccc(C=O)c(C(=O)c2ccc([N+](=O)[O-])cc2)c1C(=O)c1ccc(Cl)c(Cl)c1. The van der Waals surface area contributed by atoms with Crippen LogP contribution in [0.5, 0.6) is 5.75 Å². The number of nitro benzene ring substituents is 1. The van der Waals surface area contributed by atoms with Gasteiger partial charge in [-0.3, -0.25) is 24.5 Å². The van der Waals surface area contributed by atoms with E-state index in [0.717, 1.165) is 12.1 Å². The highest BCUT2D eigenvalue weighted by Crippen LogP contribution is 2.32. The Morgan fingerprint density at radius 2 is 1.52 bits per heavy atom. The molecular weight excluding hydrogens is 445 g/mol. The molecule has 0 atom stereocenters. The van der Waals surface area contributed by atoms with Gasteiger partial charge in [0.25, 0.3) is 5.69 Å². The number of ether oxygens (including phenoxy) is 1. The van der Waals surface area contributed by atoms with Crippen molar-refractivity contribution in [2.24, 2.45) is 0 Å². The lowest BCUT2D eigenvalue weighted by Crippen LogP contribution is -2.15. The Labute approximate surface area is 186 Å². The van der Waals surface area contributed by atoms with E-state index in [2.05, 4.69) is 0 Å². The standard InChI is InChI=1S/C22H13Cl2NO6/c1-31-18-9-5-14(11-26)19(21(27)12-2-6-15(7-3-12)25(29)30)20(18)22(28)13-4-8-16(23)17(24)10-13/h2-11H,1H3. The molecule has 3 rings (SSSR count). The fourth-order valence-corrected chi connectivity index (χ4v) is 3.30. The number of aldehydes is 1. The van der Waals surface area contributed by atoms with E-state index in [1.165, 1.54) is 49.6 Å². The largest absolute Gasteiger partial charge is 0.496 e. The quantitative estimate of drug-likeness (QED) is 0.209. The molecule has 0 aliphatic rings. The van der Waals surface area contributed by atoms with Gasteiger partial charge in [-0.25, -0.2) is 0 Å². The second kappa shape index (κ2) is 9.07. The van der Waals surface area contributed by atoms with Gasteiger partial charge in [0.2, 0.25) is 0 Å². The number of hydrogen-bond acceptors (Lipinski definition) is 6. The third-order valence-electron chi connectivity index (χ3n) is 4.52. The normalized spacial score (nSPS) is 10.4. The number of carbonyl (C=O) groups excluding carboxylic acids is 3. The molecule has 0 aliphatic heterocycles. The van der Waals surface area contributed by atoms with Crippen molar-refractivity contribution in [3.8, 4) is 5.75 Å². The minimum absolute atomic E-state index is 0.0347. The summed E-state index contributed by atoms with van der Waals surface area (Å²) in [6, 6.07) is 11.8. The molecule has 156 valence electrons. The third kappa shape index (κ3) is 4.33. The van der Waals surface area contributed by atoms with Crippen LogP contribution in [0.15, 0.2) is 54.6 Å². The summed E-state index contributed by atoms with van der Waals surface area (Å²) in [6.07, 6.45) is 0.448. The molecule has 7 nitrogen and oxygen atoms in total. The zero-order chi connectivity index (χ0) is 22.7. The van der Waals surface area contributed by atoms with Crippen molar-refractivity contribution >= 4 is 46.7 Å². The molecule has 0 aromatic heterocycles. The molecule has 3 aromatic carbocycles. The molecule has 9 heteroatoms. The molecule has 31 heavy (non-hydrogen) atoms. The summed E-state index contributed by atoms with van der Waals surface area (Å²) in [5, 5.41) is 11.3. The summed E-state index contributed by atoms with van der Waals surface area (Å²) in [5.41, 5.74) is -0.357. The molecule has 0 N–H and O–H groups in total. The molecule has 0 heterocycles. The molecule has 0 amide bonds. The first-order chi connectivity index (χ1) is 14.8. The van der Waals surface area contributed by atoms with Crippen molar-refractivity contribution in [3.63, 3.8) is 0 Å². The highest BCUT2D eigenvalue weighted by molar-refractivity contribution is 6.42. The zero-order valence-electron chi connectivity index (χ0n) is 15.9. The number of hydrogen-bond donors (Lipinski definition) is 0. The fourth-order valence-electron chi connectivity index (χ4n) is 3.00. The molecule has 0 saturated carbocycles. The summed E-state index contributed by atoms with van der Waals surface area (Å²) in [4.78, 5) is 48.6. The summed E-state index contributed by atoms with van der Waals surface area (Å²) in [5.74, 6) is -1.20. The van der Waals surface area contributed by atoms with Gasteiger partial charge >= 0.3 is 0 Å². The maximum absolute atomic E-state index is 13.3. The monoisotopic (exact) mass is 457 g/mol. The molecule has 0 radical (unpaired) electrons. The first kappa shape index (κ1) is 22.1. The Morgan fingerprint density at radius 1 is 0.903 bits per heavy atom. The van der Waals surface area contributed by atoms with Gasteiger partial charge in [-0.1, -0.05) is 23.2 Å². The number of benzene rings is 3. The Hall–Kier alpha value is -3.55. The van der Waals surface area contributed by atoms with E-state index in [-0.39, 0.29) is 49.3 Å². The number of rotatable bonds is 7. The van der Waals surface area contributed by atoms with Crippen molar-refractivity contribution in [1.29, 1.82) is 0 Å². The number of ketones is 2. The second-order valence-electron chi connectivity index (χ2n) is 6.32. The van der Waals surface area contributed by atoms with E-state index in [4.69, 9.17) is 27.9 Å². The number of carbonyl (C=O) groups is 3. The van der Waals surface area contributed by atoms with Gasteiger partial charge in [-0.15, -0.1) is 0 Å². The number of nitrogens with zero attached hydrogens (tertiary/aromatic N) is 1. The summed E-state index contributed by atoms with van der Waals surface area (Å²) in [7, 11) is 1.32. The summed E-state index contributed by atoms with van der Waals surface area (Å²) >= 11 is 11.9. The maximum Gasteiger partial charge on any atom is 0.269 e. The van der Waals surface area contributed by atoms with Crippen LogP contribution >= 0.6 is 23.2 Å². The Kier molecular flexibility index (Phi) is 6.48. The van der Waals surface area contributed by atoms with E-state index in [1.807, 2.05) is 0 Å². The predicted molar refractivity (Wildman–Crippen MR) is 115 cm³/mol. The van der Waals surface area contributed by atoms with E-state index >= 15 is 0 Å². The van der Waals surface area contributed by atoms with Crippen LogP contribution in [0, 0.1) is 10.1 Å². The van der Waals surface area contributed by atoms with E-state index in [0.29, 0.717) is 6.29 Å². The number of non-ortho nitro benzene ring substituents is 1. The minimum atomic E-state index is -0.667. The Bertz CT molecular complexity index is 1220. The number of nitro groups is 1. The average Bonchev–Trinajstić information content (AvgIpc) is 2.78. The molecule has 0 aliphatic carbocycles. The smallest absolute Gasteiger partial charge is 0.269 e.